The molecule has 0 bridgehead atoms. The number of benzene rings is 3. The molecule has 0 unspecified atom stereocenters. The second-order valence-corrected chi connectivity index (χ2v) is 9.30. The molecule has 0 aliphatic carbocycles. The Morgan fingerprint density at radius 1 is 1.10 bits per heavy atom. The summed E-state index contributed by atoms with van der Waals surface area (Å²) in [6.45, 7) is 1.83. The van der Waals surface area contributed by atoms with Gasteiger partial charge < -0.3 is 10.4 Å². The van der Waals surface area contributed by atoms with Crippen LogP contribution in [0.3, 0.4) is 0 Å². The van der Waals surface area contributed by atoms with Gasteiger partial charge in [-0.15, -0.1) is 0 Å². The molecule has 41 heavy (non-hydrogen) atoms. The first kappa shape index (κ1) is 27.4. The number of nitro benzene ring substituents is 1. The minimum Gasteiger partial charge on any atom is -0.508 e. The number of hydrogen-bond acceptors (Lipinski definition) is 6. The molecule has 0 saturated heterocycles. The van der Waals surface area contributed by atoms with Crippen LogP contribution in [0.5, 0.6) is 5.75 Å². The third-order valence-electron chi connectivity index (χ3n) is 6.80. The zero-order chi connectivity index (χ0) is 29.5. The quantitative estimate of drug-likeness (QED) is 0.255. The molecule has 4 aromatic rings. The van der Waals surface area contributed by atoms with Crippen LogP contribution >= 0.6 is 0 Å². The van der Waals surface area contributed by atoms with Crippen molar-refractivity contribution >= 4 is 23.3 Å². The lowest BCUT2D eigenvalue weighted by molar-refractivity contribution is -0.384. The van der Waals surface area contributed by atoms with E-state index in [1.165, 1.54) is 52.2 Å². The molecule has 13 heteroatoms. The average molecular weight is 566 g/mol. The SMILES string of the molecule is CCN1C(=O)[C@@H](NC(=O)c2cccc(C(F)(F)F)c2)[C@H](c2cccc([N+](=O)[O-])c2)c2cnn(-c3cccc(O)c3)c21. The van der Waals surface area contributed by atoms with Crippen LogP contribution in [0, 0.1) is 10.1 Å². The molecule has 210 valence electrons. The second-order valence-electron chi connectivity index (χ2n) is 9.30. The number of carbonyl (C=O) groups excluding carboxylic acids is 2. The van der Waals surface area contributed by atoms with E-state index in [2.05, 4.69) is 10.4 Å². The smallest absolute Gasteiger partial charge is 0.416 e. The van der Waals surface area contributed by atoms with Gasteiger partial charge in [0.1, 0.15) is 17.6 Å². The summed E-state index contributed by atoms with van der Waals surface area (Å²) in [6, 6.07) is 14.2. The number of aromatic nitrogens is 2. The Morgan fingerprint density at radius 2 is 1.83 bits per heavy atom. The Balaban J connectivity index is 1.65. The van der Waals surface area contributed by atoms with Crippen molar-refractivity contribution < 1.29 is 32.8 Å². The molecule has 10 nitrogen and oxygen atoms in total. The standard InChI is InChI=1S/C28H22F3N5O5/c1-2-34-26-22(15-32-35(26)19-9-5-11-21(37)14-19)23(16-6-4-10-20(13-16)36(40)41)24(27(34)39)33-25(38)17-7-3-8-18(12-17)28(29,30)31/h3-15,23-24,37H,2H2,1H3,(H,33,38)/t23-,24+/m1/s1. The van der Waals surface area contributed by atoms with Crippen molar-refractivity contribution in [1.29, 1.82) is 0 Å². The summed E-state index contributed by atoms with van der Waals surface area (Å²) in [5.74, 6) is -2.23. The van der Waals surface area contributed by atoms with Gasteiger partial charge in [-0.1, -0.05) is 24.3 Å². The zero-order valence-corrected chi connectivity index (χ0v) is 21.4. The van der Waals surface area contributed by atoms with Crippen molar-refractivity contribution in [3.05, 3.63) is 111 Å². The fraction of sp³-hybridized carbons (Fsp3) is 0.179. The number of carbonyl (C=O) groups is 2. The van der Waals surface area contributed by atoms with Crippen LogP contribution < -0.4 is 10.2 Å². The van der Waals surface area contributed by atoms with E-state index in [0.717, 1.165) is 12.1 Å². The van der Waals surface area contributed by atoms with Crippen molar-refractivity contribution in [3.63, 3.8) is 0 Å². The molecule has 1 aliphatic heterocycles. The number of nitro groups is 1. The maximum atomic E-state index is 14.0. The van der Waals surface area contributed by atoms with Crippen LogP contribution in [0.1, 0.15) is 39.9 Å². The van der Waals surface area contributed by atoms with Crippen molar-refractivity contribution in [2.24, 2.45) is 0 Å². The number of nitrogens with one attached hydrogen (secondary N) is 1. The molecule has 5 rings (SSSR count). The summed E-state index contributed by atoms with van der Waals surface area (Å²) in [7, 11) is 0. The normalized spacial score (nSPS) is 16.8. The molecule has 3 aromatic carbocycles. The van der Waals surface area contributed by atoms with E-state index < -0.39 is 40.4 Å². The summed E-state index contributed by atoms with van der Waals surface area (Å²) in [6.07, 6.45) is -3.22. The van der Waals surface area contributed by atoms with E-state index in [0.29, 0.717) is 28.7 Å². The number of phenols is 1. The molecule has 0 radical (unpaired) electrons. The van der Waals surface area contributed by atoms with Crippen LogP contribution in [-0.4, -0.2) is 44.2 Å². The molecule has 0 saturated carbocycles. The molecule has 1 aromatic heterocycles. The molecular weight excluding hydrogens is 543 g/mol. The predicted molar refractivity (Wildman–Crippen MR) is 141 cm³/mol. The van der Waals surface area contributed by atoms with Gasteiger partial charge in [0, 0.05) is 41.8 Å². The lowest BCUT2D eigenvalue weighted by Crippen LogP contribution is -2.55. The molecule has 0 fully saturated rings. The molecule has 2 amide bonds. The van der Waals surface area contributed by atoms with Gasteiger partial charge in [-0.3, -0.25) is 24.6 Å². The topological polar surface area (TPSA) is 131 Å². The van der Waals surface area contributed by atoms with Crippen LogP contribution in [0.2, 0.25) is 0 Å². The van der Waals surface area contributed by atoms with Crippen LogP contribution in [-0.2, 0) is 11.0 Å². The van der Waals surface area contributed by atoms with E-state index in [4.69, 9.17) is 0 Å². The fourth-order valence-corrected chi connectivity index (χ4v) is 4.97. The first-order valence-electron chi connectivity index (χ1n) is 12.4. The monoisotopic (exact) mass is 565 g/mol. The average Bonchev–Trinajstić information content (AvgIpc) is 3.37. The number of hydrogen-bond donors (Lipinski definition) is 2. The Bertz CT molecular complexity index is 1670. The van der Waals surface area contributed by atoms with Crippen molar-refractivity contribution in [3.8, 4) is 11.4 Å². The van der Waals surface area contributed by atoms with E-state index in [1.54, 1.807) is 25.1 Å². The third kappa shape index (κ3) is 5.09. The maximum Gasteiger partial charge on any atom is 0.416 e. The summed E-state index contributed by atoms with van der Waals surface area (Å²) in [5, 5.41) is 28.6. The lowest BCUT2D eigenvalue weighted by atomic mass is 9.82. The highest BCUT2D eigenvalue weighted by atomic mass is 19.4. The number of amides is 2. The lowest BCUT2D eigenvalue weighted by Gasteiger charge is -2.38. The first-order chi connectivity index (χ1) is 19.5. The second kappa shape index (κ2) is 10.4. The number of phenolic OH excluding ortho intramolecular Hbond substituents is 1. The summed E-state index contributed by atoms with van der Waals surface area (Å²) < 4.78 is 41.3. The third-order valence-corrected chi connectivity index (χ3v) is 6.80. The molecule has 0 spiro atoms. The van der Waals surface area contributed by atoms with Crippen molar-refractivity contribution in [2.45, 2.75) is 25.1 Å². The minimum absolute atomic E-state index is 0.0432. The Labute approximate surface area is 230 Å². The first-order valence-corrected chi connectivity index (χ1v) is 12.4. The predicted octanol–water partition coefficient (Wildman–Crippen LogP) is 4.80. The van der Waals surface area contributed by atoms with Gasteiger partial charge in [0.15, 0.2) is 0 Å². The van der Waals surface area contributed by atoms with Gasteiger partial charge in [-0.05, 0) is 42.8 Å². The number of anilines is 1. The van der Waals surface area contributed by atoms with Crippen molar-refractivity contribution in [2.75, 3.05) is 11.4 Å². The van der Waals surface area contributed by atoms with Crippen molar-refractivity contribution in [1.82, 2.24) is 15.1 Å². The number of alkyl halides is 3. The molecule has 2 heterocycles. The summed E-state index contributed by atoms with van der Waals surface area (Å²) in [4.78, 5) is 39.5. The largest absolute Gasteiger partial charge is 0.508 e. The zero-order valence-electron chi connectivity index (χ0n) is 21.4. The Kier molecular flexibility index (Phi) is 6.95. The Hall–Kier alpha value is -5.20. The van der Waals surface area contributed by atoms with Crippen LogP contribution in [0.25, 0.3) is 5.69 Å². The highest BCUT2D eigenvalue weighted by molar-refractivity contribution is 6.05. The molecule has 2 N–H and O–H groups in total. The van der Waals surface area contributed by atoms with Gasteiger partial charge >= 0.3 is 6.18 Å². The number of nitrogens with zero attached hydrogens (tertiary/aromatic N) is 4. The Morgan fingerprint density at radius 3 is 2.51 bits per heavy atom. The molecule has 2 atom stereocenters. The highest BCUT2D eigenvalue weighted by Crippen LogP contribution is 2.42. The number of non-ortho nitro benzene ring substituents is 1. The van der Waals surface area contributed by atoms with Gasteiger partial charge in [-0.25, -0.2) is 4.68 Å². The van der Waals surface area contributed by atoms with E-state index in [-0.39, 0.29) is 23.5 Å². The highest BCUT2D eigenvalue weighted by Gasteiger charge is 2.44. The summed E-state index contributed by atoms with van der Waals surface area (Å²) in [5.41, 5.74) is -0.409. The van der Waals surface area contributed by atoms with Gasteiger partial charge in [0.05, 0.1) is 22.4 Å². The van der Waals surface area contributed by atoms with Crippen LogP contribution in [0.4, 0.5) is 24.7 Å². The van der Waals surface area contributed by atoms with Crippen LogP contribution in [0.15, 0.2) is 79.0 Å². The number of rotatable bonds is 6. The van der Waals surface area contributed by atoms with Gasteiger partial charge in [0.2, 0.25) is 0 Å². The van der Waals surface area contributed by atoms with Gasteiger partial charge in [0.25, 0.3) is 17.5 Å². The fourth-order valence-electron chi connectivity index (χ4n) is 4.97. The van der Waals surface area contributed by atoms with E-state index in [9.17, 15) is 38.0 Å². The van der Waals surface area contributed by atoms with E-state index in [1.807, 2.05) is 0 Å². The maximum absolute atomic E-state index is 14.0. The number of aromatic hydroxyl groups is 1. The number of fused-ring (bicyclic) bond motifs is 1. The molecule has 1 aliphatic rings. The molecular formula is C28H22F3N5O5. The number of halogens is 3. The summed E-state index contributed by atoms with van der Waals surface area (Å²) >= 11 is 0. The van der Waals surface area contributed by atoms with E-state index >= 15 is 0 Å². The minimum atomic E-state index is -4.68. The van der Waals surface area contributed by atoms with Gasteiger partial charge in [-0.2, -0.15) is 18.3 Å². The number of likely N-dealkylation sites (N-methyl/N-ethyl adjacent to an activating group) is 1.